The molecule has 2 rings (SSSR count). The smallest absolute Gasteiger partial charge is 0.255 e. The second kappa shape index (κ2) is 11.1. The maximum absolute atomic E-state index is 12.1. The minimum atomic E-state index is -0.161. The van der Waals surface area contributed by atoms with E-state index in [-0.39, 0.29) is 11.8 Å². The highest BCUT2D eigenvalue weighted by molar-refractivity contribution is 6.04. The second-order valence-corrected chi connectivity index (χ2v) is 6.42. The van der Waals surface area contributed by atoms with Crippen molar-refractivity contribution in [3.8, 4) is 0 Å². The van der Waals surface area contributed by atoms with Crippen molar-refractivity contribution in [1.82, 2.24) is 5.32 Å². The van der Waals surface area contributed by atoms with Gasteiger partial charge in [-0.15, -0.1) is 0 Å². The summed E-state index contributed by atoms with van der Waals surface area (Å²) in [6.07, 6.45) is 7.23. The van der Waals surface area contributed by atoms with Crippen LogP contribution in [-0.2, 0) is 0 Å². The van der Waals surface area contributed by atoms with E-state index >= 15 is 0 Å². The molecule has 0 aliphatic heterocycles. The van der Waals surface area contributed by atoms with Crippen molar-refractivity contribution in [1.29, 1.82) is 0 Å². The normalized spacial score (nSPS) is 10.3. The van der Waals surface area contributed by atoms with Gasteiger partial charge in [-0.25, -0.2) is 0 Å². The Morgan fingerprint density at radius 3 is 2.04 bits per heavy atom. The van der Waals surface area contributed by atoms with Crippen molar-refractivity contribution in [2.75, 3.05) is 11.9 Å². The van der Waals surface area contributed by atoms with E-state index < -0.39 is 0 Å². The Hall–Kier alpha value is -2.62. The SMILES string of the molecule is CCCCCCCCNC(=O)c1ccc(NC(=O)c2ccccc2)cc1. The van der Waals surface area contributed by atoms with E-state index in [1.165, 1.54) is 25.7 Å². The van der Waals surface area contributed by atoms with Crippen molar-refractivity contribution in [2.24, 2.45) is 0 Å². The van der Waals surface area contributed by atoms with E-state index in [2.05, 4.69) is 17.6 Å². The van der Waals surface area contributed by atoms with Gasteiger partial charge in [0.05, 0.1) is 0 Å². The zero-order valence-electron chi connectivity index (χ0n) is 15.5. The number of hydrogen-bond donors (Lipinski definition) is 2. The molecule has 0 radical (unpaired) electrons. The monoisotopic (exact) mass is 352 g/mol. The molecule has 2 aromatic carbocycles. The Labute approximate surface area is 156 Å². The molecule has 2 amide bonds. The van der Waals surface area contributed by atoms with Crippen LogP contribution in [0.5, 0.6) is 0 Å². The zero-order valence-corrected chi connectivity index (χ0v) is 15.5. The van der Waals surface area contributed by atoms with Gasteiger partial charge in [-0.2, -0.15) is 0 Å². The first-order chi connectivity index (χ1) is 12.7. The summed E-state index contributed by atoms with van der Waals surface area (Å²) in [5.74, 6) is -0.231. The summed E-state index contributed by atoms with van der Waals surface area (Å²) >= 11 is 0. The maximum Gasteiger partial charge on any atom is 0.255 e. The lowest BCUT2D eigenvalue weighted by Gasteiger charge is -2.08. The molecule has 0 aliphatic carbocycles. The molecule has 4 heteroatoms. The van der Waals surface area contributed by atoms with Crippen LogP contribution in [0.1, 0.15) is 66.2 Å². The van der Waals surface area contributed by atoms with Crippen molar-refractivity contribution in [3.63, 3.8) is 0 Å². The molecule has 0 aromatic heterocycles. The van der Waals surface area contributed by atoms with Crippen LogP contribution in [0, 0.1) is 0 Å². The molecule has 0 aliphatic rings. The van der Waals surface area contributed by atoms with Gasteiger partial charge < -0.3 is 10.6 Å². The Balaban J connectivity index is 1.74. The van der Waals surface area contributed by atoms with E-state index in [4.69, 9.17) is 0 Å². The van der Waals surface area contributed by atoms with Crippen LogP contribution in [-0.4, -0.2) is 18.4 Å². The van der Waals surface area contributed by atoms with Gasteiger partial charge in [0.25, 0.3) is 11.8 Å². The average molecular weight is 352 g/mol. The number of hydrogen-bond acceptors (Lipinski definition) is 2. The summed E-state index contributed by atoms with van der Waals surface area (Å²) in [7, 11) is 0. The lowest BCUT2D eigenvalue weighted by Crippen LogP contribution is -2.24. The summed E-state index contributed by atoms with van der Waals surface area (Å²) in [5, 5.41) is 5.78. The van der Waals surface area contributed by atoms with Gasteiger partial charge in [0.15, 0.2) is 0 Å². The van der Waals surface area contributed by atoms with Gasteiger partial charge in [0, 0.05) is 23.4 Å². The summed E-state index contributed by atoms with van der Waals surface area (Å²) < 4.78 is 0. The molecular weight excluding hydrogens is 324 g/mol. The second-order valence-electron chi connectivity index (χ2n) is 6.42. The molecule has 2 aromatic rings. The van der Waals surface area contributed by atoms with E-state index in [9.17, 15) is 9.59 Å². The number of carbonyl (C=O) groups is 2. The molecule has 0 atom stereocenters. The molecule has 4 nitrogen and oxygen atoms in total. The largest absolute Gasteiger partial charge is 0.352 e. The van der Waals surface area contributed by atoms with Gasteiger partial charge in [-0.05, 0) is 42.8 Å². The highest BCUT2D eigenvalue weighted by Crippen LogP contribution is 2.12. The van der Waals surface area contributed by atoms with Crippen LogP contribution in [0.15, 0.2) is 54.6 Å². The van der Waals surface area contributed by atoms with Gasteiger partial charge in [0.2, 0.25) is 0 Å². The van der Waals surface area contributed by atoms with Crippen LogP contribution in [0.2, 0.25) is 0 Å². The third-order valence-corrected chi connectivity index (χ3v) is 4.26. The molecule has 0 spiro atoms. The first kappa shape index (κ1) is 19.7. The zero-order chi connectivity index (χ0) is 18.6. The highest BCUT2D eigenvalue weighted by atomic mass is 16.2. The minimum absolute atomic E-state index is 0.0699. The van der Waals surface area contributed by atoms with Gasteiger partial charge in [-0.3, -0.25) is 9.59 Å². The lowest BCUT2D eigenvalue weighted by molar-refractivity contribution is 0.0952. The fourth-order valence-electron chi connectivity index (χ4n) is 2.71. The fraction of sp³-hybridized carbons (Fsp3) is 0.364. The van der Waals surface area contributed by atoms with Gasteiger partial charge in [0.1, 0.15) is 0 Å². The fourth-order valence-corrected chi connectivity index (χ4v) is 2.71. The van der Waals surface area contributed by atoms with Crippen molar-refractivity contribution < 1.29 is 9.59 Å². The Kier molecular flexibility index (Phi) is 8.40. The van der Waals surface area contributed by atoms with Gasteiger partial charge >= 0.3 is 0 Å². The van der Waals surface area contributed by atoms with Crippen LogP contribution in [0.3, 0.4) is 0 Å². The number of amides is 2. The molecule has 0 saturated carbocycles. The topological polar surface area (TPSA) is 58.2 Å². The summed E-state index contributed by atoms with van der Waals surface area (Å²) in [6, 6.07) is 16.0. The molecule has 0 fully saturated rings. The molecule has 26 heavy (non-hydrogen) atoms. The predicted molar refractivity (Wildman–Crippen MR) is 107 cm³/mol. The van der Waals surface area contributed by atoms with Crippen LogP contribution in [0.4, 0.5) is 5.69 Å². The summed E-state index contributed by atoms with van der Waals surface area (Å²) in [4.78, 5) is 24.2. The highest BCUT2D eigenvalue weighted by Gasteiger charge is 2.07. The number of rotatable bonds is 10. The van der Waals surface area contributed by atoms with E-state index in [0.29, 0.717) is 23.4 Å². The van der Waals surface area contributed by atoms with Gasteiger partial charge in [-0.1, -0.05) is 57.2 Å². The molecule has 0 unspecified atom stereocenters. The number of benzene rings is 2. The molecular formula is C22H28N2O2. The van der Waals surface area contributed by atoms with Crippen LogP contribution < -0.4 is 10.6 Å². The molecule has 0 heterocycles. The molecule has 0 saturated heterocycles. The van der Waals surface area contributed by atoms with Crippen LogP contribution >= 0.6 is 0 Å². The average Bonchev–Trinajstić information content (AvgIpc) is 2.68. The predicted octanol–water partition coefficient (Wildman–Crippen LogP) is 5.03. The van der Waals surface area contributed by atoms with Crippen molar-refractivity contribution >= 4 is 17.5 Å². The number of unbranched alkanes of at least 4 members (excludes halogenated alkanes) is 5. The summed E-state index contributed by atoms with van der Waals surface area (Å²) in [5.41, 5.74) is 1.88. The Bertz CT molecular complexity index is 681. The van der Waals surface area contributed by atoms with E-state index in [1.54, 1.807) is 36.4 Å². The lowest BCUT2D eigenvalue weighted by atomic mass is 10.1. The third-order valence-electron chi connectivity index (χ3n) is 4.26. The minimum Gasteiger partial charge on any atom is -0.352 e. The quantitative estimate of drug-likeness (QED) is 0.589. The number of anilines is 1. The summed E-state index contributed by atoms with van der Waals surface area (Å²) in [6.45, 7) is 2.91. The molecule has 2 N–H and O–H groups in total. The number of carbonyl (C=O) groups excluding carboxylic acids is 2. The molecule has 138 valence electrons. The van der Waals surface area contributed by atoms with E-state index in [1.807, 2.05) is 18.2 Å². The molecule has 0 bridgehead atoms. The van der Waals surface area contributed by atoms with Crippen molar-refractivity contribution in [3.05, 3.63) is 65.7 Å². The van der Waals surface area contributed by atoms with Crippen LogP contribution in [0.25, 0.3) is 0 Å². The first-order valence-electron chi connectivity index (χ1n) is 9.45. The Morgan fingerprint density at radius 1 is 0.731 bits per heavy atom. The van der Waals surface area contributed by atoms with Crippen molar-refractivity contribution in [2.45, 2.75) is 45.4 Å². The maximum atomic E-state index is 12.1. The number of nitrogens with one attached hydrogen (secondary N) is 2. The standard InChI is InChI=1S/C22H28N2O2/c1-2-3-4-5-6-10-17-23-21(25)19-13-15-20(16-14-19)24-22(26)18-11-8-7-9-12-18/h7-9,11-16H,2-6,10,17H2,1H3,(H,23,25)(H,24,26). The Morgan fingerprint density at radius 2 is 1.35 bits per heavy atom. The third kappa shape index (κ3) is 6.71. The van der Waals surface area contributed by atoms with E-state index in [0.717, 1.165) is 12.8 Å². The first-order valence-corrected chi connectivity index (χ1v) is 9.45.